The third-order valence-corrected chi connectivity index (χ3v) is 13.9. The summed E-state index contributed by atoms with van der Waals surface area (Å²) in [6, 6.07) is 0. The van der Waals surface area contributed by atoms with Crippen molar-refractivity contribution in [1.82, 2.24) is 0 Å². The number of esters is 1. The van der Waals surface area contributed by atoms with E-state index >= 15 is 0 Å². The smallest absolute Gasteiger partial charge is 0.306 e. The Morgan fingerprint density at radius 1 is 0.442 bits per heavy atom. The number of hydrogen-bond acceptors (Lipinski definition) is 14. The summed E-state index contributed by atoms with van der Waals surface area (Å²) in [5.41, 5.74) is 0. The zero-order valence-corrected chi connectivity index (χ0v) is 47.7. The van der Waals surface area contributed by atoms with E-state index in [-0.39, 0.29) is 19.6 Å². The molecule has 0 spiro atoms. The Kier molecular flexibility index (Phi) is 44.7. The van der Waals surface area contributed by atoms with E-state index in [1.165, 1.54) is 96.3 Å². The molecule has 14 heteroatoms. The Morgan fingerprint density at radius 3 is 1.31 bits per heavy atom. The van der Waals surface area contributed by atoms with E-state index in [2.05, 4.69) is 98.9 Å². The SMILES string of the molecule is CC/C=C\C/C=C\C/C=C\C/C=C\C/C=C\C/C=C\C/C=C\CCCCCC(=O)OC(COCCCCCCCCCCCCCCCCCCCC)COC1OC(COC2OC(CO)C(O)C(O)C2O)C(O)C(O)C1O. The molecule has 0 aromatic carbocycles. The maximum absolute atomic E-state index is 13.1. The van der Waals surface area contributed by atoms with Crippen LogP contribution in [0.25, 0.3) is 0 Å². The molecule has 0 bridgehead atoms. The molecule has 2 fully saturated rings. The Bertz CT molecular complexity index is 1590. The second-order valence-corrected chi connectivity index (χ2v) is 20.8. The number of carbonyl (C=O) groups is 1. The predicted molar refractivity (Wildman–Crippen MR) is 307 cm³/mol. The van der Waals surface area contributed by atoms with Crippen LogP contribution in [0.5, 0.6) is 0 Å². The highest BCUT2D eigenvalue weighted by Crippen LogP contribution is 2.27. The fraction of sp³-hybridized carbons (Fsp3) is 0.762. The van der Waals surface area contributed by atoms with E-state index in [0.717, 1.165) is 83.5 Å². The highest BCUT2D eigenvalue weighted by atomic mass is 16.7. The van der Waals surface area contributed by atoms with Gasteiger partial charge in [-0.15, -0.1) is 0 Å². The predicted octanol–water partition coefficient (Wildman–Crippen LogP) is 11.2. The lowest BCUT2D eigenvalue weighted by molar-refractivity contribution is -0.332. The summed E-state index contributed by atoms with van der Waals surface area (Å²) in [6.45, 7) is 3.55. The third-order valence-electron chi connectivity index (χ3n) is 13.9. The Morgan fingerprint density at radius 2 is 0.844 bits per heavy atom. The van der Waals surface area contributed by atoms with Gasteiger partial charge in [-0.1, -0.05) is 214 Å². The van der Waals surface area contributed by atoms with Crippen molar-refractivity contribution < 1.29 is 69.0 Å². The maximum atomic E-state index is 13.1. The zero-order chi connectivity index (χ0) is 55.8. The zero-order valence-electron chi connectivity index (χ0n) is 47.7. The topological polar surface area (TPSA) is 214 Å². The van der Waals surface area contributed by atoms with Crippen LogP contribution in [-0.4, -0.2) is 142 Å². The molecule has 2 rings (SSSR count). The van der Waals surface area contributed by atoms with Crippen molar-refractivity contribution in [2.24, 2.45) is 0 Å². The van der Waals surface area contributed by atoms with Crippen LogP contribution in [0.1, 0.15) is 206 Å². The van der Waals surface area contributed by atoms with Gasteiger partial charge in [0.25, 0.3) is 0 Å². The summed E-state index contributed by atoms with van der Waals surface area (Å²) in [7, 11) is 0. The molecule has 14 nitrogen and oxygen atoms in total. The molecule has 0 amide bonds. The lowest BCUT2D eigenvalue weighted by Gasteiger charge is -2.42. The number of aliphatic hydroxyl groups excluding tert-OH is 7. The Hall–Kier alpha value is -2.83. The number of carbonyl (C=O) groups excluding carboxylic acids is 1. The highest BCUT2D eigenvalue weighted by molar-refractivity contribution is 5.69. The van der Waals surface area contributed by atoms with Gasteiger partial charge >= 0.3 is 5.97 Å². The largest absolute Gasteiger partial charge is 0.457 e. The Balaban J connectivity index is 1.73. The van der Waals surface area contributed by atoms with E-state index < -0.39 is 86.7 Å². The van der Waals surface area contributed by atoms with E-state index in [4.69, 9.17) is 28.4 Å². The van der Waals surface area contributed by atoms with Crippen molar-refractivity contribution in [3.8, 4) is 0 Å². The van der Waals surface area contributed by atoms with E-state index in [1.807, 2.05) is 0 Å². The summed E-state index contributed by atoms with van der Waals surface area (Å²) < 4.78 is 34.4. The van der Waals surface area contributed by atoms with Gasteiger partial charge in [0.2, 0.25) is 0 Å². The minimum atomic E-state index is -1.72. The first-order chi connectivity index (χ1) is 37.6. The van der Waals surface area contributed by atoms with Gasteiger partial charge in [-0.25, -0.2) is 0 Å². The number of rotatable bonds is 48. The van der Waals surface area contributed by atoms with Crippen LogP contribution in [0.2, 0.25) is 0 Å². The van der Waals surface area contributed by atoms with Crippen molar-refractivity contribution in [2.75, 3.05) is 33.0 Å². The third kappa shape index (κ3) is 35.5. The normalized spacial score (nSPS) is 24.9. The Labute approximate surface area is 465 Å². The van der Waals surface area contributed by atoms with Crippen LogP contribution < -0.4 is 0 Å². The van der Waals surface area contributed by atoms with Crippen molar-refractivity contribution in [3.05, 3.63) is 85.1 Å². The van der Waals surface area contributed by atoms with Gasteiger partial charge in [0.1, 0.15) is 54.9 Å². The highest BCUT2D eigenvalue weighted by Gasteiger charge is 2.47. The molecule has 0 saturated carbocycles. The van der Waals surface area contributed by atoms with Crippen LogP contribution in [0.4, 0.5) is 0 Å². The van der Waals surface area contributed by atoms with Gasteiger partial charge in [0, 0.05) is 13.0 Å². The molecule has 11 unspecified atom stereocenters. The van der Waals surface area contributed by atoms with Crippen molar-refractivity contribution in [3.63, 3.8) is 0 Å². The molecule has 2 heterocycles. The molecule has 0 aliphatic carbocycles. The summed E-state index contributed by atoms with van der Waals surface area (Å²) in [6.07, 6.45) is 47.8. The molecule has 0 aromatic rings. The molecule has 2 aliphatic rings. The first-order valence-corrected chi connectivity index (χ1v) is 30.2. The minimum absolute atomic E-state index is 0.0455. The second-order valence-electron chi connectivity index (χ2n) is 20.8. The van der Waals surface area contributed by atoms with Crippen LogP contribution in [-0.2, 0) is 33.2 Å². The number of hydrogen-bond donors (Lipinski definition) is 7. The second kappa shape index (κ2) is 49.0. The van der Waals surface area contributed by atoms with Gasteiger partial charge in [-0.2, -0.15) is 0 Å². The van der Waals surface area contributed by atoms with E-state index in [1.54, 1.807) is 0 Å². The van der Waals surface area contributed by atoms with E-state index in [0.29, 0.717) is 13.0 Å². The number of unbranched alkanes of at least 4 members (excludes halogenated alkanes) is 20. The number of ether oxygens (including phenoxy) is 6. The molecule has 444 valence electrons. The summed E-state index contributed by atoms with van der Waals surface area (Å²) in [5, 5.41) is 72.4. The average molecular weight is 1090 g/mol. The lowest BCUT2D eigenvalue weighted by atomic mass is 9.98. The molecule has 0 radical (unpaired) electrons. The summed E-state index contributed by atoms with van der Waals surface area (Å²) in [5.74, 6) is -0.407. The maximum Gasteiger partial charge on any atom is 0.306 e. The molecular formula is C63H108O14. The van der Waals surface area contributed by atoms with Crippen LogP contribution in [0, 0.1) is 0 Å². The van der Waals surface area contributed by atoms with Gasteiger partial charge in [-0.05, 0) is 70.6 Å². The summed E-state index contributed by atoms with van der Waals surface area (Å²) >= 11 is 0. The van der Waals surface area contributed by atoms with E-state index in [9.17, 15) is 40.5 Å². The van der Waals surface area contributed by atoms with Gasteiger partial charge in [0.05, 0.1) is 26.4 Å². The van der Waals surface area contributed by atoms with Crippen molar-refractivity contribution in [1.29, 1.82) is 0 Å². The minimum Gasteiger partial charge on any atom is -0.457 e. The standard InChI is InChI=1S/C63H108O14/c1-3-5-7-9-11-13-15-17-19-21-23-24-25-26-27-28-29-30-32-34-36-38-40-42-44-46-55(65)75-52(49-72-47-45-43-41-39-37-35-33-31-22-20-18-16-14-12-10-8-6-4-2)50-73-62-61(71)59(69)57(67)54(77-62)51-74-63-60(70)58(68)56(66)53(48-64)76-63/h5,7,11,13,17,19,23-24,26-27,29-30,34,36,52-54,56-64,66-71H,3-4,6,8-10,12,14-16,18,20-22,25,28,31-33,35,37-51H2,1-2H3/b7-5-,13-11-,19-17-,24-23-,27-26-,30-29-,36-34-. The van der Waals surface area contributed by atoms with Crippen molar-refractivity contribution in [2.45, 2.75) is 274 Å². The molecule has 7 N–H and O–H groups in total. The molecule has 77 heavy (non-hydrogen) atoms. The average Bonchev–Trinajstić information content (AvgIpc) is 3.43. The first-order valence-electron chi connectivity index (χ1n) is 30.2. The van der Waals surface area contributed by atoms with Crippen LogP contribution in [0.3, 0.4) is 0 Å². The quantitative estimate of drug-likeness (QED) is 0.0172. The molecule has 11 atom stereocenters. The molecule has 0 aromatic heterocycles. The van der Waals surface area contributed by atoms with Gasteiger partial charge in [0.15, 0.2) is 12.6 Å². The van der Waals surface area contributed by atoms with Crippen molar-refractivity contribution >= 4 is 5.97 Å². The molecule has 2 aliphatic heterocycles. The molecule has 2 saturated heterocycles. The first kappa shape index (κ1) is 70.3. The fourth-order valence-electron chi connectivity index (χ4n) is 9.09. The lowest BCUT2D eigenvalue weighted by Crippen LogP contribution is -2.61. The fourth-order valence-corrected chi connectivity index (χ4v) is 9.09. The van der Waals surface area contributed by atoms with Crippen LogP contribution >= 0.6 is 0 Å². The van der Waals surface area contributed by atoms with Crippen LogP contribution in [0.15, 0.2) is 85.1 Å². The monoisotopic (exact) mass is 1090 g/mol. The summed E-state index contributed by atoms with van der Waals surface area (Å²) in [4.78, 5) is 13.1. The number of allylic oxidation sites excluding steroid dienone is 14. The number of aliphatic hydroxyl groups is 7. The molecular weight excluding hydrogens is 981 g/mol. The van der Waals surface area contributed by atoms with Gasteiger partial charge in [-0.3, -0.25) is 4.79 Å². The van der Waals surface area contributed by atoms with Gasteiger partial charge < -0.3 is 64.2 Å².